The van der Waals surface area contributed by atoms with E-state index in [2.05, 4.69) is 10.3 Å². The molecule has 6 nitrogen and oxygen atoms in total. The van der Waals surface area contributed by atoms with Gasteiger partial charge in [0.15, 0.2) is 0 Å². The Bertz CT molecular complexity index is 767. The Morgan fingerprint density at radius 3 is 2.58 bits per heavy atom. The van der Waals surface area contributed by atoms with Crippen molar-refractivity contribution < 1.29 is 19.4 Å². The maximum Gasteiger partial charge on any atom is 0.305 e. The number of nitrogens with zero attached hydrogens (tertiary/aromatic N) is 1. The molecule has 1 aromatic carbocycles. The minimum Gasteiger partial charge on any atom is -0.481 e. The number of hydrogen-bond acceptors (Lipinski definition) is 4. The lowest BCUT2D eigenvalue weighted by molar-refractivity contribution is -0.137. The van der Waals surface area contributed by atoms with E-state index in [1.165, 1.54) is 19.4 Å². The SMILES string of the molecule is COc1ncc(C(=O)N[C@@H](CC(=O)O)c2ccccc2Cl)cc1Cl. The summed E-state index contributed by atoms with van der Waals surface area (Å²) in [6.45, 7) is 0. The molecule has 1 aromatic heterocycles. The van der Waals surface area contributed by atoms with E-state index in [-0.39, 0.29) is 22.9 Å². The van der Waals surface area contributed by atoms with E-state index in [9.17, 15) is 9.59 Å². The van der Waals surface area contributed by atoms with Crippen LogP contribution in [-0.4, -0.2) is 29.1 Å². The number of pyridine rings is 1. The van der Waals surface area contributed by atoms with Gasteiger partial charge in [-0.1, -0.05) is 41.4 Å². The van der Waals surface area contributed by atoms with Crippen molar-refractivity contribution in [1.82, 2.24) is 10.3 Å². The van der Waals surface area contributed by atoms with Gasteiger partial charge in [-0.2, -0.15) is 0 Å². The average Bonchev–Trinajstić information content (AvgIpc) is 2.54. The molecule has 2 rings (SSSR count). The van der Waals surface area contributed by atoms with Gasteiger partial charge in [-0.25, -0.2) is 4.98 Å². The highest BCUT2D eigenvalue weighted by Gasteiger charge is 2.21. The molecule has 1 heterocycles. The van der Waals surface area contributed by atoms with Gasteiger partial charge in [-0.05, 0) is 17.7 Å². The number of aliphatic carboxylic acids is 1. The summed E-state index contributed by atoms with van der Waals surface area (Å²) < 4.78 is 4.93. The molecule has 2 N–H and O–H groups in total. The lowest BCUT2D eigenvalue weighted by Crippen LogP contribution is -2.30. The monoisotopic (exact) mass is 368 g/mol. The average molecular weight is 369 g/mol. The van der Waals surface area contributed by atoms with Crippen LogP contribution < -0.4 is 10.1 Å². The van der Waals surface area contributed by atoms with Gasteiger partial charge in [0.2, 0.25) is 5.88 Å². The zero-order valence-electron chi connectivity index (χ0n) is 12.6. The Morgan fingerprint density at radius 2 is 2.00 bits per heavy atom. The quantitative estimate of drug-likeness (QED) is 0.815. The smallest absolute Gasteiger partial charge is 0.305 e. The number of amides is 1. The number of halogens is 2. The van der Waals surface area contributed by atoms with Gasteiger partial charge < -0.3 is 15.2 Å². The molecular weight excluding hydrogens is 355 g/mol. The van der Waals surface area contributed by atoms with E-state index in [0.717, 1.165) is 0 Å². The molecular formula is C16H14Cl2N2O4. The number of carbonyl (C=O) groups is 2. The van der Waals surface area contributed by atoms with Crippen LogP contribution in [0.5, 0.6) is 5.88 Å². The summed E-state index contributed by atoms with van der Waals surface area (Å²) in [6.07, 6.45) is 0.983. The molecule has 0 saturated carbocycles. The predicted molar refractivity (Wildman–Crippen MR) is 89.7 cm³/mol. The molecule has 0 fully saturated rings. The first kappa shape index (κ1) is 18.0. The van der Waals surface area contributed by atoms with Crippen molar-refractivity contribution in [2.75, 3.05) is 7.11 Å². The molecule has 0 aliphatic rings. The second-order valence-corrected chi connectivity index (χ2v) is 5.67. The first-order chi connectivity index (χ1) is 11.4. The second-order valence-electron chi connectivity index (χ2n) is 4.86. The molecule has 0 bridgehead atoms. The zero-order chi connectivity index (χ0) is 17.7. The van der Waals surface area contributed by atoms with E-state index < -0.39 is 17.9 Å². The summed E-state index contributed by atoms with van der Waals surface area (Å²) in [5.74, 6) is -1.38. The molecule has 126 valence electrons. The normalized spacial score (nSPS) is 11.6. The molecule has 0 radical (unpaired) electrons. The number of benzene rings is 1. The number of carbonyl (C=O) groups excluding carboxylic acids is 1. The van der Waals surface area contributed by atoms with Gasteiger partial charge in [0.25, 0.3) is 5.91 Å². The molecule has 0 unspecified atom stereocenters. The highest BCUT2D eigenvalue weighted by Crippen LogP contribution is 2.26. The molecule has 2 aromatic rings. The number of nitrogens with one attached hydrogen (secondary N) is 1. The molecule has 1 amide bonds. The van der Waals surface area contributed by atoms with Gasteiger partial charge in [0, 0.05) is 11.2 Å². The van der Waals surface area contributed by atoms with Crippen LogP contribution in [-0.2, 0) is 4.79 Å². The van der Waals surface area contributed by atoms with Gasteiger partial charge in [0.1, 0.15) is 5.02 Å². The number of ether oxygens (including phenoxy) is 1. The van der Waals surface area contributed by atoms with Crippen molar-refractivity contribution in [1.29, 1.82) is 0 Å². The molecule has 0 aliphatic heterocycles. The minimum atomic E-state index is -1.06. The van der Waals surface area contributed by atoms with Gasteiger partial charge in [-0.3, -0.25) is 9.59 Å². The van der Waals surface area contributed by atoms with Crippen molar-refractivity contribution in [3.8, 4) is 5.88 Å². The van der Waals surface area contributed by atoms with Gasteiger partial charge in [-0.15, -0.1) is 0 Å². The largest absolute Gasteiger partial charge is 0.481 e. The molecule has 24 heavy (non-hydrogen) atoms. The molecule has 0 spiro atoms. The van der Waals surface area contributed by atoms with Crippen molar-refractivity contribution in [3.63, 3.8) is 0 Å². The Morgan fingerprint density at radius 1 is 1.29 bits per heavy atom. The Hall–Kier alpha value is -2.31. The third-order valence-corrected chi connectivity index (χ3v) is 3.84. The van der Waals surface area contributed by atoms with Gasteiger partial charge in [0.05, 0.1) is 25.1 Å². The highest BCUT2D eigenvalue weighted by atomic mass is 35.5. The first-order valence-corrected chi connectivity index (χ1v) is 7.64. The van der Waals surface area contributed by atoms with E-state index in [1.807, 2.05) is 0 Å². The van der Waals surface area contributed by atoms with E-state index in [0.29, 0.717) is 10.6 Å². The Kier molecular flexibility index (Phi) is 6.00. The summed E-state index contributed by atoms with van der Waals surface area (Å²) in [5.41, 5.74) is 0.700. The summed E-state index contributed by atoms with van der Waals surface area (Å²) in [6, 6.07) is 7.34. The van der Waals surface area contributed by atoms with E-state index in [1.54, 1.807) is 24.3 Å². The van der Waals surface area contributed by atoms with Crippen LogP contribution in [0.2, 0.25) is 10.0 Å². The maximum atomic E-state index is 12.4. The van der Waals surface area contributed by atoms with E-state index >= 15 is 0 Å². The minimum absolute atomic E-state index is 0.178. The summed E-state index contributed by atoms with van der Waals surface area (Å²) in [4.78, 5) is 27.4. The lowest BCUT2D eigenvalue weighted by atomic mass is 10.0. The summed E-state index contributed by atoms with van der Waals surface area (Å²) in [7, 11) is 1.41. The number of aromatic nitrogens is 1. The fourth-order valence-electron chi connectivity index (χ4n) is 2.11. The third-order valence-electron chi connectivity index (χ3n) is 3.23. The third kappa shape index (κ3) is 4.37. The number of carboxylic acid groups (broad SMARTS) is 1. The molecule has 0 saturated heterocycles. The number of carboxylic acids is 1. The van der Waals surface area contributed by atoms with Crippen LogP contribution in [0, 0.1) is 0 Å². The lowest BCUT2D eigenvalue weighted by Gasteiger charge is -2.18. The summed E-state index contributed by atoms with van der Waals surface area (Å²) >= 11 is 12.1. The standard InChI is InChI=1S/C16H14Cl2N2O4/c1-24-16-12(18)6-9(8-19-16)15(23)20-13(7-14(21)22)10-4-2-3-5-11(10)17/h2-6,8,13H,7H2,1H3,(H,20,23)(H,21,22)/t13-/m0/s1. The highest BCUT2D eigenvalue weighted by molar-refractivity contribution is 6.32. The van der Waals surface area contributed by atoms with Crippen molar-refractivity contribution in [3.05, 3.63) is 57.7 Å². The Labute approximate surface area is 148 Å². The van der Waals surface area contributed by atoms with Gasteiger partial charge >= 0.3 is 5.97 Å². The number of methoxy groups -OCH3 is 1. The number of rotatable bonds is 6. The summed E-state index contributed by atoms with van der Waals surface area (Å²) in [5, 5.41) is 12.3. The fraction of sp³-hybridized carbons (Fsp3) is 0.188. The van der Waals surface area contributed by atoms with Crippen LogP contribution in [0.4, 0.5) is 0 Å². The second kappa shape index (κ2) is 7.99. The number of hydrogen-bond donors (Lipinski definition) is 2. The molecule has 1 atom stereocenters. The zero-order valence-corrected chi connectivity index (χ0v) is 14.1. The molecule has 8 heteroatoms. The molecule has 0 aliphatic carbocycles. The maximum absolute atomic E-state index is 12.4. The van der Waals surface area contributed by atoms with Crippen LogP contribution in [0.25, 0.3) is 0 Å². The van der Waals surface area contributed by atoms with Crippen molar-refractivity contribution >= 4 is 35.1 Å². The topological polar surface area (TPSA) is 88.5 Å². The predicted octanol–water partition coefficient (Wildman–Crippen LogP) is 3.34. The van der Waals surface area contributed by atoms with Crippen LogP contribution in [0.15, 0.2) is 36.5 Å². The van der Waals surface area contributed by atoms with Crippen LogP contribution in [0.1, 0.15) is 28.4 Å². The van der Waals surface area contributed by atoms with E-state index in [4.69, 9.17) is 33.0 Å². The van der Waals surface area contributed by atoms with Crippen LogP contribution in [0.3, 0.4) is 0 Å². The van der Waals surface area contributed by atoms with Crippen LogP contribution >= 0.6 is 23.2 Å². The fourth-order valence-corrected chi connectivity index (χ4v) is 2.62. The van der Waals surface area contributed by atoms with Crippen molar-refractivity contribution in [2.24, 2.45) is 0 Å². The first-order valence-electron chi connectivity index (χ1n) is 6.89. The Balaban J connectivity index is 2.26. The van der Waals surface area contributed by atoms with Crippen molar-refractivity contribution in [2.45, 2.75) is 12.5 Å².